The summed E-state index contributed by atoms with van der Waals surface area (Å²) in [6.45, 7) is 3.59. The van der Waals surface area contributed by atoms with Gasteiger partial charge in [-0.25, -0.2) is 9.59 Å². The molecule has 0 saturated carbocycles. The second-order valence-corrected chi connectivity index (χ2v) is 3.97. The minimum absolute atomic E-state index is 0.109. The number of esters is 2. The van der Waals surface area contributed by atoms with Crippen LogP contribution in [0.25, 0.3) is 0 Å². The molecule has 0 amide bonds. The van der Waals surface area contributed by atoms with E-state index >= 15 is 0 Å². The van der Waals surface area contributed by atoms with Crippen molar-refractivity contribution >= 4 is 11.9 Å². The second kappa shape index (κ2) is 12.1. The van der Waals surface area contributed by atoms with Crippen LogP contribution in [0.15, 0.2) is 24.3 Å². The highest BCUT2D eigenvalue weighted by Crippen LogP contribution is 2.00. The Morgan fingerprint density at radius 1 is 0.905 bits per heavy atom. The first-order valence-electron chi connectivity index (χ1n) is 6.60. The van der Waals surface area contributed by atoms with Crippen molar-refractivity contribution in [3.63, 3.8) is 0 Å². The van der Waals surface area contributed by atoms with Gasteiger partial charge in [-0.05, 0) is 13.8 Å². The number of aliphatic hydroxyl groups is 2. The Hall–Kier alpha value is -1.70. The van der Waals surface area contributed by atoms with Gasteiger partial charge >= 0.3 is 11.9 Å². The van der Waals surface area contributed by atoms with Crippen LogP contribution in [0.2, 0.25) is 0 Å². The summed E-state index contributed by atoms with van der Waals surface area (Å²) in [5.74, 6) is -1.26. The van der Waals surface area contributed by atoms with Crippen molar-refractivity contribution in [3.05, 3.63) is 24.3 Å². The summed E-state index contributed by atoms with van der Waals surface area (Å²) >= 11 is 0. The van der Waals surface area contributed by atoms with E-state index < -0.39 is 24.5 Å². The van der Waals surface area contributed by atoms with Gasteiger partial charge in [0.1, 0.15) is 0 Å². The highest BCUT2D eigenvalue weighted by Gasteiger charge is 2.10. The van der Waals surface area contributed by atoms with Gasteiger partial charge in [0.2, 0.25) is 12.6 Å². The maximum Gasteiger partial charge on any atom is 0.332 e. The van der Waals surface area contributed by atoms with Gasteiger partial charge in [-0.1, -0.05) is 12.2 Å². The van der Waals surface area contributed by atoms with Gasteiger partial charge in [0, 0.05) is 25.0 Å². The zero-order valence-corrected chi connectivity index (χ0v) is 12.2. The molecule has 21 heavy (non-hydrogen) atoms. The minimum atomic E-state index is -1.24. The lowest BCUT2D eigenvalue weighted by Gasteiger charge is -2.12. The Bertz CT molecular complexity index is 328. The normalized spacial score (nSPS) is 14.3. The van der Waals surface area contributed by atoms with Crippen molar-refractivity contribution < 1.29 is 34.0 Å². The number of rotatable bonds is 10. The summed E-state index contributed by atoms with van der Waals surface area (Å²) in [6.07, 6.45) is 3.12. The number of allylic oxidation sites excluding steroid dienone is 2. The van der Waals surface area contributed by atoms with Gasteiger partial charge in [-0.15, -0.1) is 0 Å². The monoisotopic (exact) mass is 302 g/mol. The molecule has 0 fully saturated rings. The average Bonchev–Trinajstić information content (AvgIpc) is 2.38. The Labute approximate surface area is 123 Å². The third-order valence-corrected chi connectivity index (χ3v) is 2.13. The Kier molecular flexibility index (Phi) is 11.1. The molecule has 2 N–H and O–H groups in total. The molecule has 0 aromatic heterocycles. The van der Waals surface area contributed by atoms with Crippen molar-refractivity contribution in [1.82, 2.24) is 0 Å². The highest BCUT2D eigenvalue weighted by atomic mass is 16.6. The van der Waals surface area contributed by atoms with E-state index in [2.05, 4.69) is 9.47 Å². The van der Waals surface area contributed by atoms with E-state index in [1.807, 2.05) is 0 Å². The van der Waals surface area contributed by atoms with Crippen molar-refractivity contribution in [2.24, 2.45) is 0 Å². The lowest BCUT2D eigenvalue weighted by molar-refractivity contribution is -0.165. The SMILES string of the molecule is CC=CC(=O)OC(O)CCOCCC(O)OC(=O)C=CC. The standard InChI is InChI=1S/C14H22O7/c1-3-5-11(15)20-13(17)7-9-19-10-8-14(18)21-12(16)6-4-2/h3-6,13-14,17-18H,7-10H2,1-2H3. The molecule has 2 atom stereocenters. The van der Waals surface area contributed by atoms with E-state index in [1.165, 1.54) is 24.3 Å². The lowest BCUT2D eigenvalue weighted by Crippen LogP contribution is -2.20. The van der Waals surface area contributed by atoms with E-state index in [9.17, 15) is 19.8 Å². The van der Waals surface area contributed by atoms with Crippen LogP contribution in [-0.2, 0) is 23.8 Å². The number of aliphatic hydroxyl groups excluding tert-OH is 2. The maximum atomic E-state index is 11.0. The van der Waals surface area contributed by atoms with Crippen LogP contribution in [0.1, 0.15) is 26.7 Å². The molecule has 2 unspecified atom stereocenters. The highest BCUT2D eigenvalue weighted by molar-refractivity contribution is 5.82. The maximum absolute atomic E-state index is 11.0. The Morgan fingerprint density at radius 3 is 1.62 bits per heavy atom. The lowest BCUT2D eigenvalue weighted by atomic mass is 10.4. The van der Waals surface area contributed by atoms with Gasteiger partial charge < -0.3 is 24.4 Å². The quantitative estimate of drug-likeness (QED) is 0.264. The molecular weight excluding hydrogens is 280 g/mol. The van der Waals surface area contributed by atoms with E-state index in [-0.39, 0.29) is 26.1 Å². The zero-order valence-electron chi connectivity index (χ0n) is 12.2. The van der Waals surface area contributed by atoms with Crippen LogP contribution in [0.3, 0.4) is 0 Å². The van der Waals surface area contributed by atoms with E-state index in [0.29, 0.717) is 0 Å². The molecule has 0 aliphatic carbocycles. The molecule has 7 heteroatoms. The fourth-order valence-electron chi connectivity index (χ4n) is 1.21. The van der Waals surface area contributed by atoms with E-state index in [0.717, 1.165) is 0 Å². The first-order valence-corrected chi connectivity index (χ1v) is 6.60. The predicted molar refractivity (Wildman–Crippen MR) is 73.9 cm³/mol. The largest absolute Gasteiger partial charge is 0.433 e. The molecule has 0 aliphatic heterocycles. The molecule has 120 valence electrons. The number of hydrogen-bond donors (Lipinski definition) is 2. The third kappa shape index (κ3) is 11.8. The topological polar surface area (TPSA) is 102 Å². The number of ether oxygens (including phenoxy) is 3. The van der Waals surface area contributed by atoms with Crippen LogP contribution >= 0.6 is 0 Å². The third-order valence-electron chi connectivity index (χ3n) is 2.13. The van der Waals surface area contributed by atoms with Crippen LogP contribution in [0.4, 0.5) is 0 Å². The van der Waals surface area contributed by atoms with Gasteiger partial charge in [0.15, 0.2) is 0 Å². The average molecular weight is 302 g/mol. The molecule has 0 rings (SSSR count). The first-order chi connectivity index (χ1) is 9.99. The summed E-state index contributed by atoms with van der Waals surface area (Å²) < 4.78 is 14.4. The molecule has 0 heterocycles. The fourth-order valence-corrected chi connectivity index (χ4v) is 1.21. The smallest absolute Gasteiger partial charge is 0.332 e. The van der Waals surface area contributed by atoms with Crippen LogP contribution in [0, 0.1) is 0 Å². The van der Waals surface area contributed by atoms with Crippen molar-refractivity contribution in [1.29, 1.82) is 0 Å². The Balaban J connectivity index is 3.63. The first kappa shape index (κ1) is 19.3. The fraction of sp³-hybridized carbons (Fsp3) is 0.571. The van der Waals surface area contributed by atoms with E-state index in [4.69, 9.17) is 4.74 Å². The van der Waals surface area contributed by atoms with Crippen molar-refractivity contribution in [2.45, 2.75) is 39.3 Å². The summed E-state index contributed by atoms with van der Waals surface area (Å²) in [6, 6.07) is 0. The molecule has 0 bridgehead atoms. The van der Waals surface area contributed by atoms with Gasteiger partial charge in [-0.2, -0.15) is 0 Å². The van der Waals surface area contributed by atoms with Gasteiger partial charge in [0.25, 0.3) is 0 Å². The summed E-state index contributed by atoms with van der Waals surface area (Å²) in [5.41, 5.74) is 0. The van der Waals surface area contributed by atoms with Gasteiger partial charge in [0.05, 0.1) is 13.2 Å². The predicted octanol–water partition coefficient (Wildman–Crippen LogP) is 0.659. The van der Waals surface area contributed by atoms with Crippen LogP contribution in [0.5, 0.6) is 0 Å². The zero-order chi connectivity index (χ0) is 16.1. The number of carbonyl (C=O) groups is 2. The molecular formula is C14H22O7. The summed E-state index contributed by atoms with van der Waals surface area (Å²) in [5, 5.41) is 18.7. The van der Waals surface area contributed by atoms with E-state index in [1.54, 1.807) is 13.8 Å². The van der Waals surface area contributed by atoms with Crippen LogP contribution in [-0.4, -0.2) is 47.9 Å². The molecule has 0 aliphatic rings. The molecule has 0 radical (unpaired) electrons. The van der Waals surface area contributed by atoms with Crippen molar-refractivity contribution in [2.75, 3.05) is 13.2 Å². The van der Waals surface area contributed by atoms with Crippen molar-refractivity contribution in [3.8, 4) is 0 Å². The second-order valence-electron chi connectivity index (χ2n) is 3.97. The Morgan fingerprint density at radius 2 is 1.29 bits per heavy atom. The van der Waals surface area contributed by atoms with Crippen LogP contribution < -0.4 is 0 Å². The molecule has 7 nitrogen and oxygen atoms in total. The molecule has 0 spiro atoms. The molecule has 0 aromatic rings. The molecule has 0 saturated heterocycles. The number of hydrogen-bond acceptors (Lipinski definition) is 7. The summed E-state index contributed by atoms with van der Waals surface area (Å²) in [7, 11) is 0. The van der Waals surface area contributed by atoms with Gasteiger partial charge in [-0.3, -0.25) is 0 Å². The number of carbonyl (C=O) groups excluding carboxylic acids is 2. The minimum Gasteiger partial charge on any atom is -0.433 e. The molecule has 0 aromatic carbocycles. The summed E-state index contributed by atoms with van der Waals surface area (Å²) in [4.78, 5) is 22.0.